The maximum absolute atomic E-state index is 12.7. The number of aromatic nitrogens is 6. The summed E-state index contributed by atoms with van der Waals surface area (Å²) >= 11 is 6.20. The molecule has 26 heavy (non-hydrogen) atoms. The molecular weight excluding hydrogens is 356 g/mol. The van der Waals surface area contributed by atoms with E-state index < -0.39 is 0 Å². The van der Waals surface area contributed by atoms with Gasteiger partial charge in [-0.15, -0.1) is 5.10 Å². The second-order valence-corrected chi connectivity index (χ2v) is 6.40. The number of rotatable bonds is 4. The lowest BCUT2D eigenvalue weighted by Crippen LogP contribution is -2.22. The first-order valence-corrected chi connectivity index (χ1v) is 8.36. The van der Waals surface area contributed by atoms with E-state index >= 15 is 0 Å². The first-order valence-electron chi connectivity index (χ1n) is 7.98. The number of benzene rings is 1. The zero-order valence-corrected chi connectivity index (χ0v) is 14.9. The van der Waals surface area contributed by atoms with E-state index in [1.54, 1.807) is 10.7 Å². The number of hydrogen-bond acceptors (Lipinski definition) is 6. The predicted octanol–water partition coefficient (Wildman–Crippen LogP) is 2.34. The van der Waals surface area contributed by atoms with Crippen LogP contribution in [0.2, 0.25) is 5.02 Å². The number of halogens is 1. The zero-order valence-electron chi connectivity index (χ0n) is 14.2. The Hall–Kier alpha value is -3.00. The van der Waals surface area contributed by atoms with Crippen molar-refractivity contribution in [3.8, 4) is 0 Å². The quantitative estimate of drug-likeness (QED) is 0.547. The molecule has 4 aromatic rings. The lowest BCUT2D eigenvalue weighted by Gasteiger charge is -2.06. The molecule has 0 aliphatic rings. The van der Waals surface area contributed by atoms with E-state index in [1.165, 1.54) is 10.9 Å². The third-order valence-corrected chi connectivity index (χ3v) is 4.65. The minimum Gasteiger partial charge on any atom is -0.361 e. The van der Waals surface area contributed by atoms with Crippen LogP contribution in [0.25, 0.3) is 11.2 Å². The van der Waals surface area contributed by atoms with Crippen molar-refractivity contribution in [3.05, 3.63) is 68.6 Å². The molecule has 3 heterocycles. The van der Waals surface area contributed by atoms with E-state index in [2.05, 4.69) is 20.5 Å². The molecule has 0 saturated carbocycles. The molecule has 0 N–H and O–H groups in total. The molecule has 0 saturated heterocycles. The van der Waals surface area contributed by atoms with E-state index in [9.17, 15) is 4.79 Å². The highest BCUT2D eigenvalue weighted by Crippen LogP contribution is 2.17. The molecule has 4 rings (SSSR count). The van der Waals surface area contributed by atoms with Gasteiger partial charge in [-0.3, -0.25) is 9.36 Å². The Morgan fingerprint density at radius 1 is 1.19 bits per heavy atom. The van der Waals surface area contributed by atoms with Crippen molar-refractivity contribution < 1.29 is 4.52 Å². The van der Waals surface area contributed by atoms with Crippen LogP contribution < -0.4 is 5.56 Å². The van der Waals surface area contributed by atoms with Crippen molar-refractivity contribution in [1.82, 2.24) is 29.7 Å². The Kier molecular flexibility index (Phi) is 4.04. The third kappa shape index (κ3) is 2.78. The highest BCUT2D eigenvalue weighted by Gasteiger charge is 2.16. The summed E-state index contributed by atoms with van der Waals surface area (Å²) in [5.41, 5.74) is 2.85. The number of aryl methyl sites for hydroxylation is 2. The van der Waals surface area contributed by atoms with Crippen molar-refractivity contribution in [3.63, 3.8) is 0 Å². The van der Waals surface area contributed by atoms with Crippen molar-refractivity contribution in [2.75, 3.05) is 0 Å². The summed E-state index contributed by atoms with van der Waals surface area (Å²) < 4.78 is 8.19. The Labute approximate surface area is 153 Å². The van der Waals surface area contributed by atoms with Crippen LogP contribution in [0.1, 0.15) is 22.6 Å². The maximum Gasteiger partial charge on any atom is 0.283 e. The Bertz CT molecular complexity index is 1140. The fourth-order valence-corrected chi connectivity index (χ4v) is 2.99. The second-order valence-electron chi connectivity index (χ2n) is 5.99. The summed E-state index contributed by atoms with van der Waals surface area (Å²) in [5.74, 6) is 0.678. The van der Waals surface area contributed by atoms with Crippen LogP contribution in [0, 0.1) is 13.8 Å². The average molecular weight is 371 g/mol. The molecule has 132 valence electrons. The molecule has 9 heteroatoms. The monoisotopic (exact) mass is 370 g/mol. The SMILES string of the molecule is Cc1noc(C)c1Cn1cnc2c(nnn2Cc2ccccc2Cl)c1=O. The number of hydrogen-bond donors (Lipinski definition) is 0. The molecule has 0 bridgehead atoms. The van der Waals surface area contributed by atoms with Crippen molar-refractivity contribution in [1.29, 1.82) is 0 Å². The van der Waals surface area contributed by atoms with Crippen molar-refractivity contribution in [2.24, 2.45) is 0 Å². The van der Waals surface area contributed by atoms with E-state index in [0.29, 0.717) is 29.5 Å². The normalized spacial score (nSPS) is 11.3. The zero-order chi connectivity index (χ0) is 18.3. The van der Waals surface area contributed by atoms with Crippen LogP contribution in [0.3, 0.4) is 0 Å². The van der Waals surface area contributed by atoms with Gasteiger partial charge in [-0.1, -0.05) is 40.2 Å². The third-order valence-electron chi connectivity index (χ3n) is 4.28. The van der Waals surface area contributed by atoms with Crippen LogP contribution in [0.4, 0.5) is 0 Å². The molecule has 0 unspecified atom stereocenters. The van der Waals surface area contributed by atoms with Crippen LogP contribution in [-0.2, 0) is 13.1 Å². The molecule has 3 aromatic heterocycles. The Morgan fingerprint density at radius 2 is 2.00 bits per heavy atom. The van der Waals surface area contributed by atoms with Crippen LogP contribution in [-0.4, -0.2) is 29.7 Å². The smallest absolute Gasteiger partial charge is 0.283 e. The highest BCUT2D eigenvalue weighted by atomic mass is 35.5. The average Bonchev–Trinajstić information content (AvgIpc) is 3.18. The van der Waals surface area contributed by atoms with Gasteiger partial charge in [-0.05, 0) is 25.5 Å². The summed E-state index contributed by atoms with van der Waals surface area (Å²) in [6, 6.07) is 7.45. The van der Waals surface area contributed by atoms with E-state index in [4.69, 9.17) is 16.1 Å². The molecule has 0 atom stereocenters. The van der Waals surface area contributed by atoms with Gasteiger partial charge in [-0.2, -0.15) is 0 Å². The molecular formula is C17H15ClN6O2. The van der Waals surface area contributed by atoms with Crippen LogP contribution >= 0.6 is 11.6 Å². The van der Waals surface area contributed by atoms with Crippen LogP contribution in [0.15, 0.2) is 39.9 Å². The van der Waals surface area contributed by atoms with Gasteiger partial charge < -0.3 is 4.52 Å². The van der Waals surface area contributed by atoms with Gasteiger partial charge in [0, 0.05) is 10.6 Å². The topological polar surface area (TPSA) is 91.6 Å². The lowest BCUT2D eigenvalue weighted by molar-refractivity contribution is 0.392. The fraction of sp³-hybridized carbons (Fsp3) is 0.235. The Balaban J connectivity index is 1.72. The second kappa shape index (κ2) is 6.38. The molecule has 0 spiro atoms. The minimum absolute atomic E-state index is 0.214. The molecule has 0 radical (unpaired) electrons. The first-order chi connectivity index (χ1) is 12.5. The van der Waals surface area contributed by atoms with Gasteiger partial charge >= 0.3 is 0 Å². The van der Waals surface area contributed by atoms with Crippen molar-refractivity contribution in [2.45, 2.75) is 26.9 Å². The summed E-state index contributed by atoms with van der Waals surface area (Å²) in [4.78, 5) is 17.1. The molecule has 1 aromatic carbocycles. The minimum atomic E-state index is -0.264. The van der Waals surface area contributed by atoms with E-state index in [0.717, 1.165) is 16.8 Å². The van der Waals surface area contributed by atoms with E-state index in [-0.39, 0.29) is 11.1 Å². The number of fused-ring (bicyclic) bond motifs is 1. The van der Waals surface area contributed by atoms with Crippen LogP contribution in [0.5, 0.6) is 0 Å². The number of nitrogens with zero attached hydrogens (tertiary/aromatic N) is 6. The van der Waals surface area contributed by atoms with Gasteiger partial charge in [0.25, 0.3) is 5.56 Å². The molecule has 0 aliphatic heterocycles. The molecule has 0 fully saturated rings. The van der Waals surface area contributed by atoms with E-state index in [1.807, 2.05) is 32.0 Å². The van der Waals surface area contributed by atoms with Crippen molar-refractivity contribution >= 4 is 22.8 Å². The standard InChI is InChI=1S/C17H15ClN6O2/c1-10-13(11(2)26-21-10)8-23-9-19-16-15(17(23)25)20-22-24(16)7-12-5-3-4-6-14(12)18/h3-6,9H,7-8H2,1-2H3. The van der Waals surface area contributed by atoms with Gasteiger partial charge in [0.15, 0.2) is 11.2 Å². The molecule has 0 amide bonds. The summed E-state index contributed by atoms with van der Waals surface area (Å²) in [7, 11) is 0. The van der Waals surface area contributed by atoms with Gasteiger partial charge in [0.2, 0.25) is 0 Å². The fourth-order valence-electron chi connectivity index (χ4n) is 2.79. The van der Waals surface area contributed by atoms with Gasteiger partial charge in [-0.25, -0.2) is 9.67 Å². The lowest BCUT2D eigenvalue weighted by atomic mass is 10.2. The molecule has 8 nitrogen and oxygen atoms in total. The summed E-state index contributed by atoms with van der Waals surface area (Å²) in [6.07, 6.45) is 1.49. The summed E-state index contributed by atoms with van der Waals surface area (Å²) in [6.45, 7) is 4.35. The molecule has 0 aliphatic carbocycles. The van der Waals surface area contributed by atoms with Gasteiger partial charge in [0.1, 0.15) is 12.1 Å². The van der Waals surface area contributed by atoms with Gasteiger partial charge in [0.05, 0.1) is 18.8 Å². The summed E-state index contributed by atoms with van der Waals surface area (Å²) in [5, 5.41) is 12.6. The predicted molar refractivity (Wildman–Crippen MR) is 95.2 cm³/mol. The first kappa shape index (κ1) is 16.5. The largest absolute Gasteiger partial charge is 0.361 e. The Morgan fingerprint density at radius 3 is 2.73 bits per heavy atom. The maximum atomic E-state index is 12.7. The highest BCUT2D eigenvalue weighted by molar-refractivity contribution is 6.31.